The molecule has 0 aliphatic carbocycles. The van der Waals surface area contributed by atoms with Gasteiger partial charge in [-0.15, -0.1) is 0 Å². The molecular weight excluding hydrogens is 469 g/mol. The molecular formula is C26H24FN3O6. The molecule has 0 bridgehead atoms. The Morgan fingerprint density at radius 3 is 2.28 bits per heavy atom. The van der Waals surface area contributed by atoms with E-state index in [-0.39, 0.29) is 29.3 Å². The van der Waals surface area contributed by atoms with Crippen molar-refractivity contribution in [3.8, 4) is 11.3 Å². The van der Waals surface area contributed by atoms with Crippen LogP contribution in [0.5, 0.6) is 0 Å². The van der Waals surface area contributed by atoms with Crippen LogP contribution in [0.2, 0.25) is 0 Å². The third kappa shape index (κ3) is 3.93. The molecule has 0 saturated carbocycles. The van der Waals surface area contributed by atoms with Crippen LogP contribution in [0, 0.1) is 12.7 Å². The highest BCUT2D eigenvalue weighted by atomic mass is 19.1. The number of hydrogen-bond donors (Lipinski definition) is 2. The average Bonchev–Trinajstić information content (AvgIpc) is 3.03. The summed E-state index contributed by atoms with van der Waals surface area (Å²) in [6.45, 7) is 2.02. The number of halogens is 1. The van der Waals surface area contributed by atoms with Gasteiger partial charge in [-0.05, 0) is 55.8 Å². The van der Waals surface area contributed by atoms with Gasteiger partial charge < -0.3 is 19.7 Å². The molecule has 9 nitrogen and oxygen atoms in total. The van der Waals surface area contributed by atoms with E-state index in [9.17, 15) is 19.8 Å². The van der Waals surface area contributed by atoms with Gasteiger partial charge in [-0.1, -0.05) is 30.3 Å². The number of aliphatic hydroxyl groups excluding tert-OH is 2. The lowest BCUT2D eigenvalue weighted by Gasteiger charge is -2.38. The minimum absolute atomic E-state index is 0.0557. The first-order chi connectivity index (χ1) is 17.2. The fourth-order valence-electron chi connectivity index (χ4n) is 4.69. The monoisotopic (exact) mass is 493 g/mol. The quantitative estimate of drug-likeness (QED) is 0.516. The normalized spacial score (nSPS) is 26.5. The van der Waals surface area contributed by atoms with Gasteiger partial charge in [-0.3, -0.25) is 0 Å². The summed E-state index contributed by atoms with van der Waals surface area (Å²) in [5.41, 5.74) is 2.42. The summed E-state index contributed by atoms with van der Waals surface area (Å²) in [6.07, 6.45) is -3.80. The fraction of sp³-hybridized carbons (Fsp3) is 0.308. The van der Waals surface area contributed by atoms with E-state index in [1.165, 1.54) is 17.0 Å². The smallest absolute Gasteiger partial charge is 0.349 e. The Labute approximate surface area is 206 Å². The van der Waals surface area contributed by atoms with Crippen molar-refractivity contribution < 1.29 is 33.7 Å². The summed E-state index contributed by atoms with van der Waals surface area (Å²) >= 11 is 0. The topological polar surface area (TPSA) is 122 Å². The Morgan fingerprint density at radius 1 is 1.00 bits per heavy atom. The molecule has 1 fully saturated rings. The Morgan fingerprint density at radius 2 is 1.67 bits per heavy atom. The first-order valence-electron chi connectivity index (χ1n) is 11.4. The van der Waals surface area contributed by atoms with Crippen molar-refractivity contribution in [2.45, 2.75) is 37.4 Å². The summed E-state index contributed by atoms with van der Waals surface area (Å²) in [6, 6.07) is 15.4. The van der Waals surface area contributed by atoms with Gasteiger partial charge in [0.05, 0.1) is 17.0 Å². The Bertz CT molecular complexity index is 1300. The SMILES string of the molecule is Cc1ccc(-c2cc3c(cc2F)C(c2ccccc2)CCN(C)C32OC(=O)C(O)C(O)C(=O)O2)nn1. The predicted molar refractivity (Wildman–Crippen MR) is 124 cm³/mol. The number of aliphatic hydroxyl groups is 2. The Kier molecular flexibility index (Phi) is 6.03. The van der Waals surface area contributed by atoms with Crippen LogP contribution < -0.4 is 0 Å². The van der Waals surface area contributed by atoms with Crippen LogP contribution in [0.4, 0.5) is 4.39 Å². The zero-order valence-electron chi connectivity index (χ0n) is 19.6. The van der Waals surface area contributed by atoms with Crippen molar-refractivity contribution in [1.82, 2.24) is 15.1 Å². The first-order valence-corrected chi connectivity index (χ1v) is 11.4. The highest BCUT2D eigenvalue weighted by molar-refractivity contribution is 5.87. The van der Waals surface area contributed by atoms with E-state index in [1.807, 2.05) is 30.3 Å². The fourth-order valence-corrected chi connectivity index (χ4v) is 4.69. The van der Waals surface area contributed by atoms with Crippen LogP contribution >= 0.6 is 0 Å². The molecule has 2 aliphatic heterocycles. The average molecular weight is 493 g/mol. The van der Waals surface area contributed by atoms with Crippen LogP contribution in [-0.4, -0.2) is 63.0 Å². The molecule has 3 unspecified atom stereocenters. The zero-order chi connectivity index (χ0) is 25.6. The van der Waals surface area contributed by atoms with E-state index in [1.54, 1.807) is 26.1 Å². The van der Waals surface area contributed by atoms with Gasteiger partial charge in [-0.2, -0.15) is 10.2 Å². The van der Waals surface area contributed by atoms with Crippen molar-refractivity contribution in [2.24, 2.45) is 0 Å². The second-order valence-corrected chi connectivity index (χ2v) is 8.97. The van der Waals surface area contributed by atoms with E-state index < -0.39 is 35.9 Å². The van der Waals surface area contributed by atoms with E-state index >= 15 is 4.39 Å². The summed E-state index contributed by atoms with van der Waals surface area (Å²) in [5.74, 6) is -5.58. The van der Waals surface area contributed by atoms with Crippen molar-refractivity contribution >= 4 is 11.9 Å². The number of benzene rings is 2. The van der Waals surface area contributed by atoms with Crippen LogP contribution in [0.3, 0.4) is 0 Å². The lowest BCUT2D eigenvalue weighted by Crippen LogP contribution is -2.50. The van der Waals surface area contributed by atoms with Gasteiger partial charge in [0.1, 0.15) is 5.82 Å². The number of esters is 2. The number of aromatic nitrogens is 2. The molecule has 2 aromatic carbocycles. The van der Waals surface area contributed by atoms with Crippen molar-refractivity contribution in [2.75, 3.05) is 13.6 Å². The second-order valence-electron chi connectivity index (χ2n) is 8.97. The molecule has 1 spiro atoms. The van der Waals surface area contributed by atoms with Gasteiger partial charge in [0, 0.05) is 18.0 Å². The number of hydrogen-bond acceptors (Lipinski definition) is 9. The molecule has 1 aromatic heterocycles. The van der Waals surface area contributed by atoms with Crippen molar-refractivity contribution in [3.05, 3.63) is 82.8 Å². The maximum atomic E-state index is 15.6. The molecule has 5 rings (SSSR count). The summed E-state index contributed by atoms with van der Waals surface area (Å²) in [7, 11) is 1.58. The van der Waals surface area contributed by atoms with Gasteiger partial charge >= 0.3 is 17.8 Å². The van der Waals surface area contributed by atoms with Crippen LogP contribution in [0.25, 0.3) is 11.3 Å². The van der Waals surface area contributed by atoms with Crippen molar-refractivity contribution in [1.29, 1.82) is 0 Å². The predicted octanol–water partition coefficient (Wildman–Crippen LogP) is 1.99. The summed E-state index contributed by atoms with van der Waals surface area (Å²) in [5, 5.41) is 28.3. The number of rotatable bonds is 2. The number of ether oxygens (including phenoxy) is 2. The second kappa shape index (κ2) is 9.05. The van der Waals surface area contributed by atoms with Gasteiger partial charge in [0.25, 0.3) is 0 Å². The van der Waals surface area contributed by atoms with Crippen LogP contribution in [-0.2, 0) is 25.0 Å². The van der Waals surface area contributed by atoms with E-state index in [2.05, 4.69) is 10.2 Å². The molecule has 3 aromatic rings. The van der Waals surface area contributed by atoms with Crippen LogP contribution in [0.1, 0.15) is 34.7 Å². The largest absolute Gasteiger partial charge is 0.402 e. The molecule has 186 valence electrons. The first kappa shape index (κ1) is 24.0. The lowest BCUT2D eigenvalue weighted by atomic mass is 9.84. The highest BCUT2D eigenvalue weighted by Crippen LogP contribution is 2.46. The molecule has 2 aliphatic rings. The van der Waals surface area contributed by atoms with Crippen molar-refractivity contribution in [3.63, 3.8) is 0 Å². The summed E-state index contributed by atoms with van der Waals surface area (Å²) in [4.78, 5) is 27.0. The van der Waals surface area contributed by atoms with E-state index in [0.29, 0.717) is 17.7 Å². The molecule has 0 radical (unpaired) electrons. The Hall–Kier alpha value is -3.73. The minimum Gasteiger partial charge on any atom is -0.402 e. The molecule has 10 heteroatoms. The molecule has 36 heavy (non-hydrogen) atoms. The molecule has 1 saturated heterocycles. The minimum atomic E-state index is -2.16. The number of carbonyl (C=O) groups excluding carboxylic acids is 2. The third-order valence-corrected chi connectivity index (χ3v) is 6.65. The van der Waals surface area contributed by atoms with E-state index in [4.69, 9.17) is 9.47 Å². The highest BCUT2D eigenvalue weighted by Gasteiger charge is 2.55. The molecule has 2 N–H and O–H groups in total. The maximum absolute atomic E-state index is 15.6. The summed E-state index contributed by atoms with van der Waals surface area (Å²) < 4.78 is 26.9. The molecule has 3 atom stereocenters. The van der Waals surface area contributed by atoms with Gasteiger partial charge in [0.2, 0.25) is 0 Å². The van der Waals surface area contributed by atoms with Gasteiger partial charge in [-0.25, -0.2) is 18.9 Å². The zero-order valence-corrected chi connectivity index (χ0v) is 19.6. The standard InChI is InChI=1S/C26H24FN3O6/c1-14-8-9-21(29-28-14)18-12-19-17(13-20(18)27)16(15-6-4-3-5-7-15)10-11-30(2)26(19)35-24(33)22(31)23(32)25(34)36-26/h3-9,12-13,16,22-23,31-32H,10-11H2,1-2H3. The van der Waals surface area contributed by atoms with E-state index in [0.717, 1.165) is 5.56 Å². The van der Waals surface area contributed by atoms with Crippen LogP contribution in [0.15, 0.2) is 54.6 Å². The van der Waals surface area contributed by atoms with Gasteiger partial charge in [0.15, 0.2) is 12.2 Å². The number of aryl methyl sites for hydroxylation is 1. The number of carbonyl (C=O) groups is 2. The molecule has 3 heterocycles. The third-order valence-electron chi connectivity index (χ3n) is 6.65. The number of nitrogens with zero attached hydrogens (tertiary/aromatic N) is 3. The Balaban J connectivity index is 1.79. The molecule has 0 amide bonds. The lowest BCUT2D eigenvalue weighted by molar-refractivity contribution is -0.288. The number of fused-ring (bicyclic) bond motifs is 2. The maximum Gasteiger partial charge on any atom is 0.349 e.